The molecule has 0 saturated carbocycles. The van der Waals surface area contributed by atoms with Crippen LogP contribution >= 0.6 is 0 Å². The average molecular weight is 230 g/mol. The van der Waals surface area contributed by atoms with Crippen LogP contribution in [0.2, 0.25) is 0 Å². The molecule has 0 radical (unpaired) electrons. The number of carbonyl (C=O) groups excluding carboxylic acids is 2. The lowest BCUT2D eigenvalue weighted by atomic mass is 10.00. The van der Waals surface area contributed by atoms with Gasteiger partial charge in [-0.3, -0.25) is 4.79 Å². The average Bonchev–Trinajstić information content (AvgIpc) is 1.99. The van der Waals surface area contributed by atoms with E-state index in [4.69, 9.17) is 10.5 Å². The van der Waals surface area contributed by atoms with E-state index >= 15 is 0 Å². The molecule has 0 rings (SSSR count). The van der Waals surface area contributed by atoms with Crippen molar-refractivity contribution in [3.63, 3.8) is 0 Å². The second-order valence-corrected chi connectivity index (χ2v) is 5.06. The molecule has 0 spiro atoms. The Labute approximate surface area is 96.7 Å². The van der Waals surface area contributed by atoms with Gasteiger partial charge in [-0.15, -0.1) is 0 Å². The number of carbonyl (C=O) groups is 2. The van der Waals surface area contributed by atoms with E-state index in [2.05, 4.69) is 5.32 Å². The molecule has 0 fully saturated rings. The molecule has 0 aromatic rings. The van der Waals surface area contributed by atoms with E-state index in [9.17, 15) is 9.59 Å². The Morgan fingerprint density at radius 3 is 2.12 bits per heavy atom. The predicted octanol–water partition coefficient (Wildman–Crippen LogP) is 0.572. The molecule has 1 amide bonds. The number of amides is 1. The molecule has 94 valence electrons. The molecule has 0 aliphatic carbocycles. The topological polar surface area (TPSA) is 81.4 Å². The van der Waals surface area contributed by atoms with Gasteiger partial charge in [0, 0.05) is 12.0 Å². The van der Waals surface area contributed by atoms with Gasteiger partial charge >= 0.3 is 5.97 Å². The summed E-state index contributed by atoms with van der Waals surface area (Å²) in [6, 6.07) is 0. The quantitative estimate of drug-likeness (QED) is 0.677. The maximum Gasteiger partial charge on any atom is 0.331 e. The highest BCUT2D eigenvalue weighted by Gasteiger charge is 2.31. The Bertz CT molecular complexity index is 267. The second-order valence-electron chi connectivity index (χ2n) is 5.06. The molecule has 0 aromatic heterocycles. The third-order valence-corrected chi connectivity index (χ3v) is 1.85. The van der Waals surface area contributed by atoms with Crippen molar-refractivity contribution in [3.05, 3.63) is 0 Å². The number of nitrogens with one attached hydrogen (secondary N) is 1. The number of esters is 1. The molecule has 0 atom stereocenters. The fraction of sp³-hybridized carbons (Fsp3) is 0.818. The van der Waals surface area contributed by atoms with E-state index in [0.717, 1.165) is 0 Å². The van der Waals surface area contributed by atoms with E-state index in [1.807, 2.05) is 0 Å². The van der Waals surface area contributed by atoms with Crippen LogP contribution in [0.4, 0.5) is 0 Å². The highest BCUT2D eigenvalue weighted by molar-refractivity contribution is 5.87. The van der Waals surface area contributed by atoms with Crippen molar-refractivity contribution < 1.29 is 14.3 Å². The summed E-state index contributed by atoms with van der Waals surface area (Å²) >= 11 is 0. The van der Waals surface area contributed by atoms with Crippen LogP contribution in [0.3, 0.4) is 0 Å². The third-order valence-electron chi connectivity index (χ3n) is 1.85. The van der Waals surface area contributed by atoms with Crippen molar-refractivity contribution in [1.82, 2.24) is 5.32 Å². The number of hydrogen-bond acceptors (Lipinski definition) is 4. The largest absolute Gasteiger partial charge is 0.464 e. The van der Waals surface area contributed by atoms with Gasteiger partial charge in [-0.05, 0) is 34.6 Å². The van der Waals surface area contributed by atoms with Crippen LogP contribution in [-0.4, -0.2) is 29.6 Å². The number of ether oxygens (including phenoxy) is 1. The molecule has 16 heavy (non-hydrogen) atoms. The predicted molar refractivity (Wildman–Crippen MR) is 61.7 cm³/mol. The zero-order valence-corrected chi connectivity index (χ0v) is 10.7. The lowest BCUT2D eigenvalue weighted by Gasteiger charge is -2.26. The fourth-order valence-corrected chi connectivity index (χ4v) is 1.17. The zero-order chi connectivity index (χ0) is 13.0. The smallest absolute Gasteiger partial charge is 0.331 e. The van der Waals surface area contributed by atoms with Gasteiger partial charge in [0.05, 0.1) is 6.61 Å². The minimum Gasteiger partial charge on any atom is -0.464 e. The maximum atomic E-state index is 11.6. The SMILES string of the molecule is CCOC(=O)C(C)(C)NC(=O)CC(C)(C)N. The van der Waals surface area contributed by atoms with Crippen molar-refractivity contribution in [2.45, 2.75) is 52.1 Å². The Morgan fingerprint density at radius 2 is 1.75 bits per heavy atom. The fourth-order valence-electron chi connectivity index (χ4n) is 1.17. The summed E-state index contributed by atoms with van der Waals surface area (Å²) in [6.07, 6.45) is 0.163. The normalized spacial score (nSPS) is 12.1. The van der Waals surface area contributed by atoms with Gasteiger partial charge in [-0.2, -0.15) is 0 Å². The number of rotatable bonds is 5. The minimum absolute atomic E-state index is 0.163. The lowest BCUT2D eigenvalue weighted by molar-refractivity contribution is -0.151. The molecule has 0 unspecified atom stereocenters. The summed E-state index contributed by atoms with van der Waals surface area (Å²) in [5, 5.41) is 2.60. The van der Waals surface area contributed by atoms with Crippen LogP contribution < -0.4 is 11.1 Å². The molecule has 0 aliphatic heterocycles. The lowest BCUT2D eigenvalue weighted by Crippen LogP contribution is -2.52. The van der Waals surface area contributed by atoms with Gasteiger partial charge in [0.1, 0.15) is 5.54 Å². The van der Waals surface area contributed by atoms with Crippen molar-refractivity contribution in [1.29, 1.82) is 0 Å². The Balaban J connectivity index is 4.36. The highest BCUT2D eigenvalue weighted by Crippen LogP contribution is 2.09. The summed E-state index contributed by atoms with van der Waals surface area (Å²) in [7, 11) is 0. The van der Waals surface area contributed by atoms with Gasteiger partial charge < -0.3 is 15.8 Å². The Morgan fingerprint density at radius 1 is 1.25 bits per heavy atom. The molecular weight excluding hydrogens is 208 g/mol. The first-order chi connectivity index (χ1) is 7.08. The van der Waals surface area contributed by atoms with Crippen LogP contribution in [0.15, 0.2) is 0 Å². The van der Waals surface area contributed by atoms with E-state index in [1.165, 1.54) is 0 Å². The molecule has 0 aliphatic rings. The van der Waals surface area contributed by atoms with Crippen molar-refractivity contribution in [3.8, 4) is 0 Å². The summed E-state index contributed by atoms with van der Waals surface area (Å²) in [4.78, 5) is 23.1. The summed E-state index contributed by atoms with van der Waals surface area (Å²) in [6.45, 7) is 8.73. The van der Waals surface area contributed by atoms with Crippen LogP contribution in [0.5, 0.6) is 0 Å². The van der Waals surface area contributed by atoms with E-state index < -0.39 is 17.0 Å². The van der Waals surface area contributed by atoms with Gasteiger partial charge in [0.15, 0.2) is 0 Å². The molecule has 0 aromatic carbocycles. The molecule has 0 saturated heterocycles. The third kappa shape index (κ3) is 5.70. The number of hydrogen-bond donors (Lipinski definition) is 2. The first kappa shape index (κ1) is 14.9. The van der Waals surface area contributed by atoms with Gasteiger partial charge in [-0.25, -0.2) is 4.79 Å². The molecule has 5 nitrogen and oxygen atoms in total. The summed E-state index contributed by atoms with van der Waals surface area (Å²) < 4.78 is 4.85. The highest BCUT2D eigenvalue weighted by atomic mass is 16.5. The minimum atomic E-state index is -1.02. The molecule has 0 heterocycles. The standard InChI is InChI=1S/C11H22N2O3/c1-6-16-9(15)11(4,5)13-8(14)7-10(2,3)12/h6-7,12H2,1-5H3,(H,13,14). The van der Waals surface area contributed by atoms with E-state index in [-0.39, 0.29) is 12.3 Å². The second kappa shape index (κ2) is 5.30. The van der Waals surface area contributed by atoms with E-state index in [1.54, 1.807) is 34.6 Å². The van der Waals surface area contributed by atoms with Crippen LogP contribution in [-0.2, 0) is 14.3 Å². The monoisotopic (exact) mass is 230 g/mol. The molecular formula is C11H22N2O3. The van der Waals surface area contributed by atoms with Gasteiger partial charge in [0.25, 0.3) is 0 Å². The van der Waals surface area contributed by atoms with Crippen LogP contribution in [0, 0.1) is 0 Å². The van der Waals surface area contributed by atoms with Gasteiger partial charge in [-0.1, -0.05) is 0 Å². The number of nitrogens with two attached hydrogens (primary N) is 1. The van der Waals surface area contributed by atoms with E-state index in [0.29, 0.717) is 6.61 Å². The first-order valence-corrected chi connectivity index (χ1v) is 5.35. The van der Waals surface area contributed by atoms with Gasteiger partial charge in [0.2, 0.25) is 5.91 Å². The van der Waals surface area contributed by atoms with Crippen LogP contribution in [0.25, 0.3) is 0 Å². The first-order valence-electron chi connectivity index (χ1n) is 5.35. The van der Waals surface area contributed by atoms with Crippen molar-refractivity contribution >= 4 is 11.9 Å². The Kier molecular flexibility index (Phi) is 4.93. The maximum absolute atomic E-state index is 11.6. The molecule has 3 N–H and O–H groups in total. The Hall–Kier alpha value is -1.10. The molecule has 0 bridgehead atoms. The zero-order valence-electron chi connectivity index (χ0n) is 10.7. The van der Waals surface area contributed by atoms with Crippen molar-refractivity contribution in [2.75, 3.05) is 6.61 Å². The van der Waals surface area contributed by atoms with Crippen molar-refractivity contribution in [2.24, 2.45) is 5.73 Å². The summed E-state index contributed by atoms with van der Waals surface area (Å²) in [5.41, 5.74) is 4.11. The van der Waals surface area contributed by atoms with Crippen LogP contribution in [0.1, 0.15) is 41.0 Å². The molecule has 5 heteroatoms. The summed E-state index contributed by atoms with van der Waals surface area (Å²) in [5.74, 6) is -0.705.